The normalized spacial score (nSPS) is 19.4. The van der Waals surface area contributed by atoms with Crippen molar-refractivity contribution < 1.29 is 17.9 Å². The highest BCUT2D eigenvalue weighted by Gasteiger charge is 2.35. The van der Waals surface area contributed by atoms with Gasteiger partial charge in [0.2, 0.25) is 16.0 Å². The molecule has 0 saturated carbocycles. The Morgan fingerprint density at radius 3 is 2.79 bits per heavy atom. The summed E-state index contributed by atoms with van der Waals surface area (Å²) in [4.78, 5) is 30.8. The number of rotatable bonds is 8. The van der Waals surface area contributed by atoms with Crippen LogP contribution in [0.1, 0.15) is 48.3 Å². The minimum Gasteiger partial charge on any atom is -0.494 e. The molecule has 1 amide bonds. The lowest BCUT2D eigenvalue weighted by Gasteiger charge is -2.41. The molecule has 39 heavy (non-hydrogen) atoms. The molecule has 1 saturated heterocycles. The molecule has 2 aliphatic rings. The maximum Gasteiger partial charge on any atom is 0.254 e. The second kappa shape index (κ2) is 11.1. The van der Waals surface area contributed by atoms with Gasteiger partial charge in [0.15, 0.2) is 0 Å². The number of fused-ring (bicyclic) bond motifs is 1. The fourth-order valence-corrected chi connectivity index (χ4v) is 5.70. The second-order valence-corrected chi connectivity index (χ2v) is 11.7. The van der Waals surface area contributed by atoms with Crippen molar-refractivity contribution in [3.63, 3.8) is 0 Å². The number of hydrogen-bond acceptors (Lipinski definition) is 9. The monoisotopic (exact) mass is 551 g/mol. The van der Waals surface area contributed by atoms with Crippen LogP contribution in [0.25, 0.3) is 0 Å². The Bertz CT molecular complexity index is 1470. The topological polar surface area (TPSA) is 130 Å². The van der Waals surface area contributed by atoms with E-state index in [0.717, 1.165) is 54.9 Å². The zero-order valence-electron chi connectivity index (χ0n) is 22.3. The molecule has 0 spiro atoms. The summed E-state index contributed by atoms with van der Waals surface area (Å²) in [6, 6.07) is 11.2. The maximum absolute atomic E-state index is 13.3. The molecule has 2 aromatic heterocycles. The van der Waals surface area contributed by atoms with E-state index < -0.39 is 10.0 Å². The van der Waals surface area contributed by atoms with Crippen LogP contribution in [0, 0.1) is 0 Å². The molecule has 3 aromatic rings. The molecule has 1 aromatic carbocycles. The predicted molar refractivity (Wildman–Crippen MR) is 148 cm³/mol. The minimum atomic E-state index is -3.48. The van der Waals surface area contributed by atoms with E-state index in [9.17, 15) is 13.2 Å². The van der Waals surface area contributed by atoms with Gasteiger partial charge in [0.05, 0.1) is 18.6 Å². The number of carbonyl (C=O) groups excluding carboxylic acids is 1. The molecule has 1 fully saturated rings. The van der Waals surface area contributed by atoms with Crippen molar-refractivity contribution in [3.8, 4) is 5.75 Å². The summed E-state index contributed by atoms with van der Waals surface area (Å²) >= 11 is 0. The van der Waals surface area contributed by atoms with E-state index in [-0.39, 0.29) is 17.8 Å². The summed E-state index contributed by atoms with van der Waals surface area (Å²) in [5.74, 6) is 1.36. The predicted octanol–water partition coefficient (Wildman–Crippen LogP) is 3.39. The molecule has 2 N–H and O–H groups in total. The van der Waals surface area contributed by atoms with Crippen molar-refractivity contribution in [2.75, 3.05) is 29.4 Å². The summed E-state index contributed by atoms with van der Waals surface area (Å²) < 4.78 is 31.0. The highest BCUT2D eigenvalue weighted by Crippen LogP contribution is 2.31. The highest BCUT2D eigenvalue weighted by molar-refractivity contribution is 7.92. The van der Waals surface area contributed by atoms with Crippen LogP contribution in [-0.4, -0.2) is 70.6 Å². The van der Waals surface area contributed by atoms with Crippen LogP contribution in [0.2, 0.25) is 0 Å². The lowest BCUT2D eigenvalue weighted by Crippen LogP contribution is -2.50. The SMILES string of the molecule is CCOc1cccc(Nc2ncc3c(n2)CN([C@H]2CCN(C(=O)c4ccnc(NS(C)(=O)=O)c4)[C@H](C)C2)C3)c1. The van der Waals surface area contributed by atoms with Crippen LogP contribution in [-0.2, 0) is 23.1 Å². The first-order valence-corrected chi connectivity index (χ1v) is 14.9. The van der Waals surface area contributed by atoms with Crippen LogP contribution < -0.4 is 14.8 Å². The highest BCUT2D eigenvalue weighted by atomic mass is 32.2. The van der Waals surface area contributed by atoms with Crippen LogP contribution in [0.3, 0.4) is 0 Å². The summed E-state index contributed by atoms with van der Waals surface area (Å²) in [6.07, 6.45) is 6.07. The molecule has 11 nitrogen and oxygen atoms in total. The second-order valence-electron chi connectivity index (χ2n) is 9.99. The Morgan fingerprint density at radius 2 is 2.03 bits per heavy atom. The number of anilines is 3. The van der Waals surface area contributed by atoms with Gasteiger partial charge < -0.3 is 15.0 Å². The molecule has 0 bridgehead atoms. The van der Waals surface area contributed by atoms with E-state index in [0.29, 0.717) is 30.7 Å². The number of carbonyl (C=O) groups is 1. The number of likely N-dealkylation sites (tertiary alicyclic amines) is 1. The fraction of sp³-hybridized carbons (Fsp3) is 0.407. The first kappa shape index (κ1) is 26.8. The smallest absolute Gasteiger partial charge is 0.254 e. The molecule has 2 atom stereocenters. The van der Waals surface area contributed by atoms with Gasteiger partial charge in [0.1, 0.15) is 11.6 Å². The quantitative estimate of drug-likeness (QED) is 0.433. The zero-order chi connectivity index (χ0) is 27.6. The van der Waals surface area contributed by atoms with Gasteiger partial charge in [-0.3, -0.25) is 14.4 Å². The van der Waals surface area contributed by atoms with Crippen molar-refractivity contribution in [1.29, 1.82) is 0 Å². The number of ether oxygens (including phenoxy) is 1. The van der Waals surface area contributed by atoms with E-state index >= 15 is 0 Å². The average molecular weight is 552 g/mol. The van der Waals surface area contributed by atoms with E-state index in [4.69, 9.17) is 9.72 Å². The van der Waals surface area contributed by atoms with Gasteiger partial charge in [-0.05, 0) is 51.0 Å². The van der Waals surface area contributed by atoms with Crippen molar-refractivity contribution in [1.82, 2.24) is 24.8 Å². The molecule has 0 aliphatic carbocycles. The first-order valence-electron chi connectivity index (χ1n) is 13.0. The largest absolute Gasteiger partial charge is 0.494 e. The third-order valence-corrected chi connectivity index (χ3v) is 7.58. The Balaban J connectivity index is 1.20. The third-order valence-electron chi connectivity index (χ3n) is 7.00. The van der Waals surface area contributed by atoms with E-state index in [1.807, 2.05) is 42.3 Å². The van der Waals surface area contributed by atoms with Gasteiger partial charge in [-0.25, -0.2) is 23.4 Å². The first-order chi connectivity index (χ1) is 18.7. The number of pyridine rings is 1. The van der Waals surface area contributed by atoms with Crippen molar-refractivity contribution in [2.24, 2.45) is 0 Å². The van der Waals surface area contributed by atoms with Crippen LogP contribution in [0.4, 0.5) is 17.5 Å². The van der Waals surface area contributed by atoms with Crippen LogP contribution >= 0.6 is 0 Å². The lowest BCUT2D eigenvalue weighted by molar-refractivity contribution is 0.0460. The Kier molecular flexibility index (Phi) is 7.67. The standard InChI is InChI=1S/C27H33N7O4S/c1-4-38-23-7-5-6-21(14-23)30-27-29-15-20-16-33(17-24(20)31-27)22-9-11-34(18(2)12-22)26(35)19-8-10-28-25(13-19)32-39(3,36)37/h5-8,10,13-15,18,22H,4,9,11-12,16-17H2,1-3H3,(H,28,32)(H,29,30,31)/t18-,22+/m1/s1. The summed E-state index contributed by atoms with van der Waals surface area (Å²) in [5, 5.41) is 3.28. The Labute approximate surface area is 228 Å². The molecule has 2 aliphatic heterocycles. The van der Waals surface area contributed by atoms with Gasteiger partial charge >= 0.3 is 0 Å². The van der Waals surface area contributed by atoms with Crippen molar-refractivity contribution in [3.05, 3.63) is 65.6 Å². The van der Waals surface area contributed by atoms with Gasteiger partial charge in [-0.1, -0.05) is 6.07 Å². The van der Waals surface area contributed by atoms with Gasteiger partial charge in [-0.15, -0.1) is 0 Å². The molecular formula is C27H33N7O4S. The summed E-state index contributed by atoms with van der Waals surface area (Å²) in [7, 11) is -3.48. The number of hydrogen-bond donors (Lipinski definition) is 2. The van der Waals surface area contributed by atoms with Crippen molar-refractivity contribution >= 4 is 33.4 Å². The lowest BCUT2D eigenvalue weighted by atomic mass is 9.96. The van der Waals surface area contributed by atoms with E-state index in [1.165, 1.54) is 12.3 Å². The van der Waals surface area contributed by atoms with Crippen LogP contribution in [0.5, 0.6) is 5.75 Å². The number of amides is 1. The third kappa shape index (κ3) is 6.45. The average Bonchev–Trinajstić information content (AvgIpc) is 3.31. The fourth-order valence-electron chi connectivity index (χ4n) is 5.21. The van der Waals surface area contributed by atoms with Gasteiger partial charge in [-0.2, -0.15) is 0 Å². The van der Waals surface area contributed by atoms with E-state index in [2.05, 4.69) is 31.8 Å². The van der Waals surface area contributed by atoms with Crippen molar-refractivity contribution in [2.45, 2.75) is 51.9 Å². The number of sulfonamides is 1. The molecule has 4 heterocycles. The molecule has 0 unspecified atom stereocenters. The Morgan fingerprint density at radius 1 is 1.18 bits per heavy atom. The molecule has 206 valence electrons. The summed E-state index contributed by atoms with van der Waals surface area (Å²) in [5.41, 5.74) is 3.42. The summed E-state index contributed by atoms with van der Waals surface area (Å²) in [6.45, 7) is 6.75. The number of nitrogens with zero attached hydrogens (tertiary/aromatic N) is 5. The van der Waals surface area contributed by atoms with E-state index in [1.54, 1.807) is 6.07 Å². The number of benzene rings is 1. The maximum atomic E-state index is 13.3. The molecule has 5 rings (SSSR count). The molecule has 0 radical (unpaired) electrons. The van der Waals surface area contributed by atoms with Gasteiger partial charge in [0, 0.05) is 67.0 Å². The molecule has 12 heteroatoms. The number of aromatic nitrogens is 3. The number of piperidine rings is 1. The number of nitrogens with one attached hydrogen (secondary N) is 2. The Hall–Kier alpha value is -3.77. The molecular weight excluding hydrogens is 518 g/mol. The zero-order valence-corrected chi connectivity index (χ0v) is 23.1. The van der Waals surface area contributed by atoms with Crippen LogP contribution in [0.15, 0.2) is 48.8 Å². The van der Waals surface area contributed by atoms with Gasteiger partial charge in [0.25, 0.3) is 5.91 Å². The minimum absolute atomic E-state index is 0.0281.